The molecule has 1 aliphatic rings. The number of thiocarbonyl (C=S) groups is 1. The van der Waals surface area contributed by atoms with Crippen LogP contribution in [0.3, 0.4) is 0 Å². The second-order valence-electron chi connectivity index (χ2n) is 6.33. The molecular weight excluding hydrogens is 371 g/mol. The third-order valence-electron chi connectivity index (χ3n) is 4.90. The molecule has 2 nitrogen and oxygen atoms in total. The molecule has 0 spiro atoms. The third kappa shape index (κ3) is 4.25. The molecule has 1 aliphatic heterocycles. The molecule has 1 heterocycles. The molecule has 0 radical (unpaired) electrons. The van der Waals surface area contributed by atoms with Crippen LogP contribution in [0.4, 0.5) is 0 Å². The van der Waals surface area contributed by atoms with E-state index in [4.69, 9.17) is 24.8 Å². The quantitative estimate of drug-likeness (QED) is 0.278. The normalized spacial score (nSPS) is 15.3. The molecule has 3 aromatic carbocycles. The fourth-order valence-electron chi connectivity index (χ4n) is 3.59. The van der Waals surface area contributed by atoms with E-state index in [2.05, 4.69) is 64.4 Å². The molecule has 0 N–H and O–H groups in total. The number of rotatable bonds is 2. The third-order valence-corrected chi connectivity index (χ3v) is 5.41. The van der Waals surface area contributed by atoms with Crippen molar-refractivity contribution in [1.29, 1.82) is 0 Å². The van der Waals surface area contributed by atoms with Crippen LogP contribution in [0.2, 0.25) is 0 Å². The largest absolute Gasteiger partial charge is 1.00 e. The Morgan fingerprint density at radius 2 is 1.40 bits per heavy atom. The Bertz CT molecular complexity index is 850. The minimum Gasteiger partial charge on any atom is -0.411 e. The molecule has 0 bridgehead atoms. The molecule has 0 unspecified atom stereocenters. The van der Waals surface area contributed by atoms with Gasteiger partial charge in [0.05, 0.1) is 0 Å². The van der Waals surface area contributed by atoms with Gasteiger partial charge in [0.1, 0.15) is 0 Å². The number of piperazine rings is 1. The monoisotopic (exact) mass is 390 g/mol. The van der Waals surface area contributed by atoms with Gasteiger partial charge in [-0.1, -0.05) is 52.9 Å². The predicted molar refractivity (Wildman–Crippen MR) is 108 cm³/mol. The van der Waals surface area contributed by atoms with Crippen molar-refractivity contribution in [3.8, 4) is 0 Å². The second-order valence-corrected chi connectivity index (χ2v) is 7.36. The van der Waals surface area contributed by atoms with Crippen molar-refractivity contribution >= 4 is 50.7 Å². The summed E-state index contributed by atoms with van der Waals surface area (Å²) < 4.78 is 0.602. The number of hydrogen-bond donors (Lipinski definition) is 0. The Morgan fingerprint density at radius 3 is 1.92 bits per heavy atom. The maximum absolute atomic E-state index is 5.13. The van der Waals surface area contributed by atoms with Gasteiger partial charge in [-0.3, -0.25) is 4.90 Å². The topological polar surface area (TPSA) is 6.48 Å². The van der Waals surface area contributed by atoms with Crippen molar-refractivity contribution in [3.05, 3.63) is 60.2 Å². The standard InChI is InChI=1S/C20H20N2S2.K/c23-20(24)22-11-9-21(10-12-22)14-19-17-7-3-1-5-15(17)13-16-6-2-4-8-18(16)19;/h1-8,13H,9-12,14H2,(H,23,24);/q;+1/p-1. The molecule has 0 atom stereocenters. The zero-order valence-electron chi connectivity index (χ0n) is 14.4. The summed E-state index contributed by atoms with van der Waals surface area (Å²) in [6.45, 7) is 4.86. The van der Waals surface area contributed by atoms with Crippen LogP contribution < -0.4 is 51.4 Å². The van der Waals surface area contributed by atoms with E-state index in [1.54, 1.807) is 0 Å². The summed E-state index contributed by atoms with van der Waals surface area (Å²) in [6.07, 6.45) is 0. The number of nitrogens with zero attached hydrogens (tertiary/aromatic N) is 2. The predicted octanol–water partition coefficient (Wildman–Crippen LogP) is 0.946. The zero-order chi connectivity index (χ0) is 16.5. The van der Waals surface area contributed by atoms with Gasteiger partial charge in [-0.25, -0.2) is 0 Å². The van der Waals surface area contributed by atoms with Gasteiger partial charge < -0.3 is 29.7 Å². The van der Waals surface area contributed by atoms with Crippen molar-refractivity contribution < 1.29 is 51.4 Å². The molecule has 0 aromatic heterocycles. The van der Waals surface area contributed by atoms with Crippen molar-refractivity contribution in [2.24, 2.45) is 0 Å². The van der Waals surface area contributed by atoms with Crippen LogP contribution in [0.1, 0.15) is 5.56 Å². The second kappa shape index (κ2) is 8.72. The van der Waals surface area contributed by atoms with Gasteiger partial charge in [0.25, 0.3) is 0 Å². The van der Waals surface area contributed by atoms with Gasteiger partial charge >= 0.3 is 51.4 Å². The molecule has 3 aromatic rings. The van der Waals surface area contributed by atoms with Crippen LogP contribution in [0, 0.1) is 0 Å². The van der Waals surface area contributed by atoms with Crippen LogP contribution in [-0.4, -0.2) is 40.3 Å². The number of benzene rings is 3. The molecular formula is C20H19KN2S2. The molecule has 25 heavy (non-hydrogen) atoms. The van der Waals surface area contributed by atoms with Gasteiger partial charge in [-0.2, -0.15) is 0 Å². The van der Waals surface area contributed by atoms with E-state index < -0.39 is 0 Å². The summed E-state index contributed by atoms with van der Waals surface area (Å²) in [5.41, 5.74) is 1.43. The Kier molecular flexibility index (Phi) is 6.85. The van der Waals surface area contributed by atoms with Gasteiger partial charge in [0.2, 0.25) is 0 Å². The maximum atomic E-state index is 5.13. The first-order valence-electron chi connectivity index (χ1n) is 8.30. The summed E-state index contributed by atoms with van der Waals surface area (Å²) in [5, 5.41) is 5.35. The van der Waals surface area contributed by atoms with Crippen molar-refractivity contribution in [3.63, 3.8) is 0 Å². The first-order valence-corrected chi connectivity index (χ1v) is 9.12. The van der Waals surface area contributed by atoms with Crippen LogP contribution in [0.15, 0.2) is 54.6 Å². The summed E-state index contributed by atoms with van der Waals surface area (Å²) in [4.78, 5) is 4.64. The molecule has 122 valence electrons. The molecule has 1 saturated heterocycles. The molecule has 0 aliphatic carbocycles. The van der Waals surface area contributed by atoms with Crippen molar-refractivity contribution in [2.75, 3.05) is 26.2 Å². The first kappa shape index (κ1) is 19.6. The minimum absolute atomic E-state index is 0. The van der Waals surface area contributed by atoms with Gasteiger partial charge in [-0.05, 0) is 33.2 Å². The maximum Gasteiger partial charge on any atom is 1.00 e. The summed E-state index contributed by atoms with van der Waals surface area (Å²) in [6, 6.07) is 19.7. The Balaban J connectivity index is 0.00000182. The van der Waals surface area contributed by atoms with Crippen LogP contribution >= 0.6 is 12.2 Å². The van der Waals surface area contributed by atoms with Crippen molar-refractivity contribution in [1.82, 2.24) is 9.80 Å². The van der Waals surface area contributed by atoms with Crippen molar-refractivity contribution in [2.45, 2.75) is 6.54 Å². The molecule has 0 saturated carbocycles. The van der Waals surface area contributed by atoms with Crippen LogP contribution in [-0.2, 0) is 19.2 Å². The van der Waals surface area contributed by atoms with E-state index >= 15 is 0 Å². The average Bonchev–Trinajstić information content (AvgIpc) is 2.62. The summed E-state index contributed by atoms with van der Waals surface area (Å²) in [5.74, 6) is 0. The Labute approximate surface area is 202 Å². The fraction of sp³-hybridized carbons (Fsp3) is 0.250. The average molecular weight is 391 g/mol. The first-order chi connectivity index (χ1) is 11.7. The Morgan fingerprint density at radius 1 is 0.880 bits per heavy atom. The number of hydrogen-bond acceptors (Lipinski definition) is 3. The fourth-order valence-corrected chi connectivity index (χ4v) is 3.96. The summed E-state index contributed by atoms with van der Waals surface area (Å²) >= 11 is 10.3. The molecule has 5 heteroatoms. The van der Waals surface area contributed by atoms with E-state index in [1.165, 1.54) is 27.1 Å². The van der Waals surface area contributed by atoms with Gasteiger partial charge in [0, 0.05) is 32.7 Å². The summed E-state index contributed by atoms with van der Waals surface area (Å²) in [7, 11) is 0. The van der Waals surface area contributed by atoms with Crippen LogP contribution in [0.25, 0.3) is 21.5 Å². The van der Waals surface area contributed by atoms with Gasteiger partial charge in [0.15, 0.2) is 0 Å². The van der Waals surface area contributed by atoms with E-state index in [1.807, 2.05) is 0 Å². The minimum atomic E-state index is 0. The zero-order valence-corrected chi connectivity index (χ0v) is 19.2. The molecule has 0 amide bonds. The molecule has 1 fully saturated rings. The van der Waals surface area contributed by atoms with E-state index in [0.29, 0.717) is 4.32 Å². The number of fused-ring (bicyclic) bond motifs is 2. The van der Waals surface area contributed by atoms with E-state index in [-0.39, 0.29) is 51.4 Å². The van der Waals surface area contributed by atoms with Crippen LogP contribution in [0.5, 0.6) is 0 Å². The molecule has 4 rings (SSSR count). The van der Waals surface area contributed by atoms with Gasteiger partial charge in [-0.15, -0.1) is 0 Å². The Hall–Kier alpha value is -0.114. The smallest absolute Gasteiger partial charge is 0.411 e. The SMILES string of the molecule is S=C([S-])N1CCN(Cc2c3ccccc3cc3ccccc23)CC1.[K+]. The van der Waals surface area contributed by atoms with E-state index in [9.17, 15) is 0 Å². The van der Waals surface area contributed by atoms with E-state index in [0.717, 1.165) is 32.7 Å².